The lowest BCUT2D eigenvalue weighted by Gasteiger charge is -2.16. The summed E-state index contributed by atoms with van der Waals surface area (Å²) in [5.41, 5.74) is 1.90. The van der Waals surface area contributed by atoms with Gasteiger partial charge >= 0.3 is 0 Å². The number of nitro benzene ring substituents is 1. The molecule has 0 saturated heterocycles. The van der Waals surface area contributed by atoms with Gasteiger partial charge in [-0.25, -0.2) is 0 Å². The van der Waals surface area contributed by atoms with E-state index in [2.05, 4.69) is 5.32 Å². The number of hydrogen-bond acceptors (Lipinski definition) is 5. The number of benzene rings is 2. The molecule has 0 unspecified atom stereocenters. The summed E-state index contributed by atoms with van der Waals surface area (Å²) in [6.45, 7) is 0.510. The van der Waals surface area contributed by atoms with Crippen LogP contribution in [0.3, 0.4) is 0 Å². The molecule has 0 fully saturated rings. The second-order valence-corrected chi connectivity index (χ2v) is 6.26. The van der Waals surface area contributed by atoms with E-state index in [0.29, 0.717) is 18.7 Å². The first-order valence-corrected chi connectivity index (χ1v) is 8.57. The zero-order valence-electron chi connectivity index (χ0n) is 14.6. The molecule has 2 heterocycles. The van der Waals surface area contributed by atoms with Crippen molar-refractivity contribution >= 4 is 28.9 Å². The van der Waals surface area contributed by atoms with Crippen LogP contribution in [0.1, 0.15) is 26.5 Å². The minimum atomic E-state index is -0.588. The van der Waals surface area contributed by atoms with E-state index in [1.54, 1.807) is 41.3 Å². The number of nitrogens with zero attached hydrogens (tertiary/aromatic N) is 2. The molecule has 0 radical (unpaired) electrons. The fourth-order valence-corrected chi connectivity index (χ4v) is 3.25. The van der Waals surface area contributed by atoms with Crippen molar-refractivity contribution in [3.05, 3.63) is 87.9 Å². The van der Waals surface area contributed by atoms with E-state index in [-0.39, 0.29) is 22.9 Å². The molecule has 0 atom stereocenters. The fraction of sp³-hybridized carbons (Fsp3) is 0.100. The SMILES string of the molecule is O=C(Nc1ccc2c(c1)CCN2C(=O)c1ccco1)c1ccccc1[N+](=O)[O-]. The van der Waals surface area contributed by atoms with Crippen LogP contribution < -0.4 is 10.2 Å². The molecule has 0 saturated carbocycles. The van der Waals surface area contributed by atoms with E-state index >= 15 is 0 Å². The first kappa shape index (κ1) is 17.5. The molecular formula is C20H15N3O5. The molecule has 4 rings (SSSR count). The highest BCUT2D eigenvalue weighted by Crippen LogP contribution is 2.32. The van der Waals surface area contributed by atoms with Gasteiger partial charge in [-0.1, -0.05) is 12.1 Å². The van der Waals surface area contributed by atoms with Crippen LogP contribution in [0.15, 0.2) is 65.3 Å². The summed E-state index contributed by atoms with van der Waals surface area (Å²) in [7, 11) is 0. The second kappa shape index (κ2) is 6.99. The Morgan fingerprint density at radius 1 is 1.11 bits per heavy atom. The summed E-state index contributed by atoms with van der Waals surface area (Å²) in [6, 6.07) is 14.2. The van der Waals surface area contributed by atoms with Crippen LogP contribution in [0.25, 0.3) is 0 Å². The van der Waals surface area contributed by atoms with Crippen molar-refractivity contribution < 1.29 is 18.9 Å². The molecule has 1 aliphatic heterocycles. The van der Waals surface area contributed by atoms with Gasteiger partial charge in [0.25, 0.3) is 17.5 Å². The number of para-hydroxylation sites is 1. The third kappa shape index (κ3) is 3.11. The number of fused-ring (bicyclic) bond motifs is 1. The van der Waals surface area contributed by atoms with Crippen LogP contribution in [-0.2, 0) is 6.42 Å². The lowest BCUT2D eigenvalue weighted by atomic mass is 10.1. The molecule has 0 spiro atoms. The van der Waals surface area contributed by atoms with Gasteiger partial charge in [0.05, 0.1) is 11.2 Å². The van der Waals surface area contributed by atoms with Gasteiger partial charge in [0.2, 0.25) is 0 Å². The number of anilines is 2. The zero-order chi connectivity index (χ0) is 19.7. The largest absolute Gasteiger partial charge is 0.459 e. The van der Waals surface area contributed by atoms with E-state index in [1.165, 1.54) is 24.5 Å². The quantitative estimate of drug-likeness (QED) is 0.552. The van der Waals surface area contributed by atoms with Crippen LogP contribution in [-0.4, -0.2) is 23.3 Å². The summed E-state index contributed by atoms with van der Waals surface area (Å²) >= 11 is 0. The van der Waals surface area contributed by atoms with Crippen LogP contribution in [0, 0.1) is 10.1 Å². The summed E-state index contributed by atoms with van der Waals surface area (Å²) < 4.78 is 5.18. The molecule has 0 aliphatic carbocycles. The number of amides is 2. The molecular weight excluding hydrogens is 362 g/mol. The third-order valence-electron chi connectivity index (χ3n) is 4.56. The standard InChI is InChI=1S/C20H15N3O5/c24-19(15-4-1-2-5-17(15)23(26)27)21-14-7-8-16-13(12-14)9-10-22(16)20(25)18-6-3-11-28-18/h1-8,11-12H,9-10H2,(H,21,24). The van der Waals surface area contributed by atoms with Gasteiger partial charge in [-0.2, -0.15) is 0 Å². The summed E-state index contributed by atoms with van der Waals surface area (Å²) in [5.74, 6) is -0.518. The number of furan rings is 1. The van der Waals surface area contributed by atoms with Crippen molar-refractivity contribution in [1.29, 1.82) is 0 Å². The lowest BCUT2D eigenvalue weighted by Crippen LogP contribution is -2.28. The Bertz CT molecular complexity index is 1080. The number of nitro groups is 1. The monoisotopic (exact) mass is 377 g/mol. The van der Waals surface area contributed by atoms with Crippen LogP contribution in [0.5, 0.6) is 0 Å². The van der Waals surface area contributed by atoms with Gasteiger partial charge < -0.3 is 14.6 Å². The minimum absolute atomic E-state index is 0.0115. The van der Waals surface area contributed by atoms with E-state index in [1.807, 2.05) is 0 Å². The molecule has 0 bridgehead atoms. The molecule has 1 N–H and O–H groups in total. The number of hydrogen-bond donors (Lipinski definition) is 1. The average Bonchev–Trinajstić information content (AvgIpc) is 3.37. The predicted molar refractivity (Wildman–Crippen MR) is 102 cm³/mol. The maximum absolute atomic E-state index is 12.5. The number of rotatable bonds is 4. The van der Waals surface area contributed by atoms with E-state index < -0.39 is 10.8 Å². The molecule has 8 nitrogen and oxygen atoms in total. The zero-order valence-corrected chi connectivity index (χ0v) is 14.6. The average molecular weight is 377 g/mol. The highest BCUT2D eigenvalue weighted by molar-refractivity contribution is 6.08. The normalized spacial score (nSPS) is 12.5. The minimum Gasteiger partial charge on any atom is -0.459 e. The van der Waals surface area contributed by atoms with Crippen molar-refractivity contribution in [2.75, 3.05) is 16.8 Å². The lowest BCUT2D eigenvalue weighted by molar-refractivity contribution is -0.385. The molecule has 140 valence electrons. The van der Waals surface area contributed by atoms with Crippen molar-refractivity contribution in [1.82, 2.24) is 0 Å². The topological polar surface area (TPSA) is 106 Å². The van der Waals surface area contributed by atoms with E-state index in [4.69, 9.17) is 4.42 Å². The smallest absolute Gasteiger partial charge is 0.293 e. The number of carbonyl (C=O) groups is 2. The summed E-state index contributed by atoms with van der Waals surface area (Å²) in [5, 5.41) is 13.8. The molecule has 28 heavy (non-hydrogen) atoms. The van der Waals surface area contributed by atoms with E-state index in [9.17, 15) is 19.7 Å². The Morgan fingerprint density at radius 3 is 2.68 bits per heavy atom. The van der Waals surface area contributed by atoms with Gasteiger partial charge in [-0.05, 0) is 48.4 Å². The Hall–Kier alpha value is -3.94. The fourth-order valence-electron chi connectivity index (χ4n) is 3.25. The Balaban J connectivity index is 1.55. The van der Waals surface area contributed by atoms with Crippen molar-refractivity contribution in [2.45, 2.75) is 6.42 Å². The van der Waals surface area contributed by atoms with Gasteiger partial charge in [0.15, 0.2) is 5.76 Å². The Kier molecular flexibility index (Phi) is 4.36. The molecule has 1 aliphatic rings. The molecule has 2 aromatic carbocycles. The first-order valence-electron chi connectivity index (χ1n) is 8.57. The Morgan fingerprint density at radius 2 is 1.93 bits per heavy atom. The van der Waals surface area contributed by atoms with E-state index in [0.717, 1.165) is 11.3 Å². The molecule has 8 heteroatoms. The predicted octanol–water partition coefficient (Wildman–Crippen LogP) is 3.64. The number of carbonyl (C=O) groups excluding carboxylic acids is 2. The van der Waals surface area contributed by atoms with Gasteiger partial charge in [0.1, 0.15) is 5.56 Å². The highest BCUT2D eigenvalue weighted by atomic mass is 16.6. The summed E-state index contributed by atoms with van der Waals surface area (Å²) in [4.78, 5) is 37.1. The second-order valence-electron chi connectivity index (χ2n) is 6.26. The summed E-state index contributed by atoms with van der Waals surface area (Å²) in [6.07, 6.45) is 2.09. The van der Waals surface area contributed by atoms with Crippen LogP contribution in [0.4, 0.5) is 17.1 Å². The molecule has 1 aromatic heterocycles. The van der Waals surface area contributed by atoms with Gasteiger partial charge in [-0.3, -0.25) is 19.7 Å². The molecule has 2 amide bonds. The Labute approximate surface area is 159 Å². The van der Waals surface area contributed by atoms with Crippen LogP contribution in [0.2, 0.25) is 0 Å². The van der Waals surface area contributed by atoms with Crippen molar-refractivity contribution in [2.24, 2.45) is 0 Å². The first-order chi connectivity index (χ1) is 13.5. The van der Waals surface area contributed by atoms with Gasteiger partial charge in [-0.15, -0.1) is 0 Å². The van der Waals surface area contributed by atoms with Crippen molar-refractivity contribution in [3.63, 3.8) is 0 Å². The van der Waals surface area contributed by atoms with Crippen LogP contribution >= 0.6 is 0 Å². The van der Waals surface area contributed by atoms with Crippen molar-refractivity contribution in [3.8, 4) is 0 Å². The molecule has 3 aromatic rings. The maximum Gasteiger partial charge on any atom is 0.293 e. The maximum atomic E-state index is 12.5. The number of nitrogens with one attached hydrogen (secondary N) is 1. The van der Waals surface area contributed by atoms with Gasteiger partial charge in [0, 0.05) is 24.0 Å². The third-order valence-corrected chi connectivity index (χ3v) is 4.56. The highest BCUT2D eigenvalue weighted by Gasteiger charge is 2.27.